The first-order chi connectivity index (χ1) is 7.10. The predicted molar refractivity (Wildman–Crippen MR) is 55.2 cm³/mol. The van der Waals surface area contributed by atoms with Gasteiger partial charge < -0.3 is 9.47 Å². The Morgan fingerprint density at radius 1 is 1.40 bits per heavy atom. The monoisotopic (exact) mass is 227 g/mol. The van der Waals surface area contributed by atoms with E-state index in [1.165, 1.54) is 18.4 Å². The Balaban J connectivity index is 2.96. The van der Waals surface area contributed by atoms with Crippen LogP contribution in [-0.2, 0) is 9.47 Å². The van der Waals surface area contributed by atoms with Gasteiger partial charge in [0, 0.05) is 10.9 Å². The van der Waals surface area contributed by atoms with Gasteiger partial charge in [-0.15, -0.1) is 11.3 Å². The molecule has 0 aliphatic carbocycles. The van der Waals surface area contributed by atoms with Crippen molar-refractivity contribution in [2.75, 3.05) is 13.7 Å². The van der Waals surface area contributed by atoms with Crippen molar-refractivity contribution in [3.8, 4) is 0 Å². The number of aryl methyl sites for hydroxylation is 1. The Morgan fingerprint density at radius 3 is 2.60 bits per heavy atom. The lowest BCUT2D eigenvalue weighted by atomic mass is 10.2. The Kier molecular flexibility index (Phi) is 3.85. The molecular formula is C10H11O4S. The smallest absolute Gasteiger partial charge is 0.348 e. The number of ether oxygens (including phenoxy) is 2. The SMILES string of the molecule is CCOC(=O)c1[c]c(C(=O)OC)sc1C. The first-order valence-corrected chi connectivity index (χ1v) is 5.20. The molecule has 1 rings (SSSR count). The summed E-state index contributed by atoms with van der Waals surface area (Å²) in [7, 11) is 1.29. The van der Waals surface area contributed by atoms with Crippen LogP contribution in [0.5, 0.6) is 0 Å². The summed E-state index contributed by atoms with van der Waals surface area (Å²) in [5, 5.41) is 0. The minimum atomic E-state index is -0.487. The van der Waals surface area contributed by atoms with Crippen molar-refractivity contribution in [1.82, 2.24) is 0 Å². The number of hydrogen-bond acceptors (Lipinski definition) is 5. The Labute approximate surface area is 91.8 Å². The van der Waals surface area contributed by atoms with Gasteiger partial charge in [0.25, 0.3) is 0 Å². The average Bonchev–Trinajstić information content (AvgIpc) is 2.59. The second-order valence-corrected chi connectivity index (χ2v) is 3.92. The zero-order valence-corrected chi connectivity index (χ0v) is 9.56. The molecule has 1 heterocycles. The van der Waals surface area contributed by atoms with Crippen LogP contribution >= 0.6 is 11.3 Å². The van der Waals surface area contributed by atoms with Gasteiger partial charge in [-0.1, -0.05) is 0 Å². The fourth-order valence-corrected chi connectivity index (χ4v) is 1.88. The lowest BCUT2D eigenvalue weighted by Crippen LogP contribution is -2.05. The summed E-state index contributed by atoms with van der Waals surface area (Å²) in [6.45, 7) is 3.76. The zero-order chi connectivity index (χ0) is 11.4. The molecule has 1 aromatic heterocycles. The van der Waals surface area contributed by atoms with Gasteiger partial charge >= 0.3 is 11.9 Å². The maximum absolute atomic E-state index is 11.4. The number of carbonyl (C=O) groups is 2. The predicted octanol–water partition coefficient (Wildman–Crippen LogP) is 1.82. The van der Waals surface area contributed by atoms with Crippen LogP contribution in [0.3, 0.4) is 0 Å². The van der Waals surface area contributed by atoms with E-state index in [1.54, 1.807) is 13.8 Å². The minimum absolute atomic E-state index is 0.290. The highest BCUT2D eigenvalue weighted by atomic mass is 32.1. The van der Waals surface area contributed by atoms with Gasteiger partial charge in [-0.25, -0.2) is 9.59 Å². The zero-order valence-electron chi connectivity index (χ0n) is 8.75. The van der Waals surface area contributed by atoms with E-state index in [4.69, 9.17) is 4.74 Å². The second kappa shape index (κ2) is 4.93. The maximum atomic E-state index is 11.4. The highest BCUT2D eigenvalue weighted by molar-refractivity contribution is 7.14. The van der Waals surface area contributed by atoms with E-state index in [2.05, 4.69) is 10.8 Å². The molecule has 0 fully saturated rings. The summed E-state index contributed by atoms with van der Waals surface area (Å²) in [5.74, 6) is -0.944. The average molecular weight is 227 g/mol. The van der Waals surface area contributed by atoms with E-state index >= 15 is 0 Å². The number of hydrogen-bond donors (Lipinski definition) is 0. The van der Waals surface area contributed by atoms with Crippen molar-refractivity contribution in [2.45, 2.75) is 13.8 Å². The first-order valence-electron chi connectivity index (χ1n) is 4.38. The van der Waals surface area contributed by atoms with Gasteiger partial charge in [-0.3, -0.25) is 0 Å². The van der Waals surface area contributed by atoms with E-state index < -0.39 is 11.9 Å². The largest absolute Gasteiger partial charge is 0.465 e. The van der Waals surface area contributed by atoms with Crippen LogP contribution in [0.25, 0.3) is 0 Å². The molecule has 0 saturated heterocycles. The quantitative estimate of drug-likeness (QED) is 0.739. The highest BCUT2D eigenvalue weighted by Gasteiger charge is 2.18. The third-order valence-corrected chi connectivity index (χ3v) is 2.68. The lowest BCUT2D eigenvalue weighted by molar-refractivity contribution is 0.0526. The standard InChI is InChI=1S/C10H11O4S/c1-4-14-9(11)7-5-8(10(12)13-3)15-6(7)2/h4H2,1-3H3. The number of thiophene rings is 1. The first kappa shape index (κ1) is 11.7. The van der Waals surface area contributed by atoms with Gasteiger partial charge in [0.15, 0.2) is 0 Å². The molecule has 5 heteroatoms. The van der Waals surface area contributed by atoms with Crippen LogP contribution in [0.1, 0.15) is 31.8 Å². The third kappa shape index (κ3) is 2.56. The molecule has 15 heavy (non-hydrogen) atoms. The number of rotatable bonds is 3. The molecule has 0 saturated carbocycles. The molecule has 1 aromatic rings. The number of carbonyl (C=O) groups excluding carboxylic acids is 2. The molecule has 0 atom stereocenters. The van der Waals surface area contributed by atoms with Crippen LogP contribution in [0.15, 0.2) is 0 Å². The molecule has 0 N–H and O–H groups in total. The number of methoxy groups -OCH3 is 1. The molecule has 1 radical (unpaired) electrons. The van der Waals surface area contributed by atoms with Crippen LogP contribution in [-0.4, -0.2) is 25.7 Å². The van der Waals surface area contributed by atoms with Crippen molar-refractivity contribution in [1.29, 1.82) is 0 Å². The van der Waals surface area contributed by atoms with E-state index in [1.807, 2.05) is 0 Å². The molecule has 4 nitrogen and oxygen atoms in total. The van der Waals surface area contributed by atoms with Gasteiger partial charge in [0.2, 0.25) is 0 Å². The Morgan fingerprint density at radius 2 is 2.07 bits per heavy atom. The summed E-state index contributed by atoms with van der Waals surface area (Å²) in [6.07, 6.45) is 0. The molecule has 0 spiro atoms. The summed E-state index contributed by atoms with van der Waals surface area (Å²) < 4.78 is 9.35. The van der Waals surface area contributed by atoms with Crippen molar-refractivity contribution in [2.24, 2.45) is 0 Å². The van der Waals surface area contributed by atoms with E-state index in [9.17, 15) is 9.59 Å². The molecule has 0 aromatic carbocycles. The second-order valence-electron chi connectivity index (χ2n) is 2.70. The molecule has 81 valence electrons. The van der Waals surface area contributed by atoms with E-state index in [0.29, 0.717) is 17.0 Å². The lowest BCUT2D eigenvalue weighted by Gasteiger charge is -1.98. The van der Waals surface area contributed by atoms with E-state index in [-0.39, 0.29) is 4.88 Å². The summed E-state index contributed by atoms with van der Waals surface area (Å²) in [5.41, 5.74) is 0.308. The summed E-state index contributed by atoms with van der Waals surface area (Å²) in [6, 6.07) is 2.69. The van der Waals surface area contributed by atoms with Gasteiger partial charge in [0.05, 0.1) is 19.3 Å². The summed E-state index contributed by atoms with van der Waals surface area (Å²) >= 11 is 1.17. The molecule has 0 bridgehead atoms. The normalized spacial score (nSPS) is 9.80. The summed E-state index contributed by atoms with van der Waals surface area (Å²) in [4.78, 5) is 23.5. The minimum Gasteiger partial charge on any atom is -0.465 e. The maximum Gasteiger partial charge on any atom is 0.348 e. The van der Waals surface area contributed by atoms with Crippen molar-refractivity contribution < 1.29 is 19.1 Å². The van der Waals surface area contributed by atoms with Crippen molar-refractivity contribution in [3.63, 3.8) is 0 Å². The fourth-order valence-electron chi connectivity index (χ4n) is 1.01. The van der Waals surface area contributed by atoms with Gasteiger partial charge in [0.1, 0.15) is 4.88 Å². The van der Waals surface area contributed by atoms with Gasteiger partial charge in [-0.05, 0) is 13.8 Å². The third-order valence-electron chi connectivity index (χ3n) is 1.70. The molecule has 0 aliphatic heterocycles. The molecule has 0 aliphatic rings. The highest BCUT2D eigenvalue weighted by Crippen LogP contribution is 2.22. The van der Waals surface area contributed by atoms with Crippen molar-refractivity contribution >= 4 is 23.3 Å². The van der Waals surface area contributed by atoms with Crippen LogP contribution < -0.4 is 0 Å². The molecular weight excluding hydrogens is 216 g/mol. The van der Waals surface area contributed by atoms with Crippen LogP contribution in [0.2, 0.25) is 0 Å². The van der Waals surface area contributed by atoms with E-state index in [0.717, 1.165) is 0 Å². The number of esters is 2. The van der Waals surface area contributed by atoms with Crippen molar-refractivity contribution in [3.05, 3.63) is 21.4 Å². The van der Waals surface area contributed by atoms with Crippen LogP contribution in [0.4, 0.5) is 0 Å². The van der Waals surface area contributed by atoms with Gasteiger partial charge in [-0.2, -0.15) is 0 Å². The molecule has 0 unspecified atom stereocenters. The Hall–Kier alpha value is -1.36. The van der Waals surface area contributed by atoms with Crippen LogP contribution in [0, 0.1) is 13.0 Å². The topological polar surface area (TPSA) is 52.6 Å². The fraction of sp³-hybridized carbons (Fsp3) is 0.400. The Bertz CT molecular complexity index is 381. The molecule has 0 amide bonds.